The van der Waals surface area contributed by atoms with Gasteiger partial charge in [0.2, 0.25) is 11.8 Å². The molecule has 6 heteroatoms. The predicted octanol–water partition coefficient (Wildman–Crippen LogP) is 1.96. The molecule has 19 heavy (non-hydrogen) atoms. The van der Waals surface area contributed by atoms with Crippen molar-refractivity contribution >= 4 is 33.4 Å². The van der Waals surface area contributed by atoms with Crippen LogP contribution in [-0.2, 0) is 9.59 Å². The molecule has 0 spiro atoms. The zero-order valence-electron chi connectivity index (χ0n) is 10.3. The van der Waals surface area contributed by atoms with Gasteiger partial charge >= 0.3 is 0 Å². The second kappa shape index (κ2) is 6.47. The molecule has 1 aliphatic heterocycles. The maximum Gasteiger partial charge on any atom is 0.248 e. The van der Waals surface area contributed by atoms with Crippen LogP contribution in [0.15, 0.2) is 35.1 Å². The summed E-state index contributed by atoms with van der Waals surface area (Å²) in [7, 11) is 0. The smallest absolute Gasteiger partial charge is 0.248 e. The van der Waals surface area contributed by atoms with Crippen molar-refractivity contribution in [3.05, 3.63) is 35.1 Å². The highest BCUT2D eigenvalue weighted by Crippen LogP contribution is 2.10. The molecule has 0 bridgehead atoms. The molecule has 1 saturated heterocycles. The number of aromatic nitrogens is 1. The molecule has 5 nitrogen and oxygen atoms in total. The van der Waals surface area contributed by atoms with Crippen molar-refractivity contribution in [3.63, 3.8) is 0 Å². The summed E-state index contributed by atoms with van der Waals surface area (Å²) in [4.78, 5) is 29.0. The summed E-state index contributed by atoms with van der Waals surface area (Å²) in [5, 5.41) is 2.64. The molecule has 1 aromatic heterocycles. The van der Waals surface area contributed by atoms with Gasteiger partial charge < -0.3 is 10.2 Å². The number of carbonyl (C=O) groups is 2. The largest absolute Gasteiger partial charge is 0.339 e. The van der Waals surface area contributed by atoms with E-state index < -0.39 is 0 Å². The number of pyridine rings is 1. The lowest BCUT2D eigenvalue weighted by atomic mass is 10.4. The SMILES string of the molecule is O=C(C=CC(=O)N1CCCC1)Nc1ccc(Br)nc1. The van der Waals surface area contributed by atoms with Gasteiger partial charge in [-0.1, -0.05) is 0 Å². The van der Waals surface area contributed by atoms with Gasteiger partial charge in [-0.3, -0.25) is 9.59 Å². The Labute approximate surface area is 119 Å². The van der Waals surface area contributed by atoms with Crippen LogP contribution < -0.4 is 5.32 Å². The lowest BCUT2D eigenvalue weighted by Gasteiger charge is -2.11. The fourth-order valence-corrected chi connectivity index (χ4v) is 2.06. The summed E-state index contributed by atoms with van der Waals surface area (Å²) in [5.74, 6) is -0.446. The van der Waals surface area contributed by atoms with Crippen LogP contribution in [0.25, 0.3) is 0 Å². The fraction of sp³-hybridized carbons (Fsp3) is 0.308. The number of anilines is 1. The first-order valence-electron chi connectivity index (χ1n) is 6.05. The molecule has 0 saturated carbocycles. The molecule has 0 atom stereocenters. The zero-order valence-corrected chi connectivity index (χ0v) is 11.9. The van der Waals surface area contributed by atoms with Crippen molar-refractivity contribution in [2.75, 3.05) is 18.4 Å². The minimum absolute atomic E-state index is 0.110. The van der Waals surface area contributed by atoms with Gasteiger partial charge in [0, 0.05) is 25.2 Å². The molecule has 2 amide bonds. The third-order valence-electron chi connectivity index (χ3n) is 2.79. The highest BCUT2D eigenvalue weighted by molar-refractivity contribution is 9.10. The first kappa shape index (κ1) is 13.7. The van der Waals surface area contributed by atoms with Crippen molar-refractivity contribution in [3.8, 4) is 0 Å². The summed E-state index contributed by atoms with van der Waals surface area (Å²) < 4.78 is 0.699. The standard InChI is InChI=1S/C13H14BrN3O2/c14-11-4-3-10(9-15-11)16-12(18)5-6-13(19)17-7-1-2-8-17/h3-6,9H,1-2,7-8H2,(H,16,18). The highest BCUT2D eigenvalue weighted by Gasteiger charge is 2.15. The Morgan fingerprint density at radius 3 is 2.63 bits per heavy atom. The molecule has 0 aliphatic carbocycles. The van der Waals surface area contributed by atoms with E-state index >= 15 is 0 Å². The van der Waals surface area contributed by atoms with Crippen LogP contribution >= 0.6 is 15.9 Å². The predicted molar refractivity (Wildman–Crippen MR) is 75.5 cm³/mol. The third kappa shape index (κ3) is 4.17. The number of rotatable bonds is 3. The summed E-state index contributed by atoms with van der Waals surface area (Å²) in [6.45, 7) is 1.56. The number of hydrogen-bond acceptors (Lipinski definition) is 3. The Kier molecular flexibility index (Phi) is 4.68. The van der Waals surface area contributed by atoms with Crippen molar-refractivity contribution in [1.82, 2.24) is 9.88 Å². The van der Waals surface area contributed by atoms with Gasteiger partial charge in [0.25, 0.3) is 0 Å². The quantitative estimate of drug-likeness (QED) is 0.683. The number of carbonyl (C=O) groups excluding carboxylic acids is 2. The van der Waals surface area contributed by atoms with Crippen LogP contribution in [0.5, 0.6) is 0 Å². The number of amides is 2. The monoisotopic (exact) mass is 323 g/mol. The summed E-state index contributed by atoms with van der Waals surface area (Å²) in [6, 6.07) is 3.46. The molecule has 1 N–H and O–H groups in total. The van der Waals surface area contributed by atoms with Crippen molar-refractivity contribution in [2.45, 2.75) is 12.8 Å². The lowest BCUT2D eigenvalue weighted by Crippen LogP contribution is -2.26. The first-order valence-corrected chi connectivity index (χ1v) is 6.84. The first-order chi connectivity index (χ1) is 9.15. The van der Waals surface area contributed by atoms with Crippen LogP contribution in [0, 0.1) is 0 Å². The van der Waals surface area contributed by atoms with Crippen LogP contribution in [0.1, 0.15) is 12.8 Å². The topological polar surface area (TPSA) is 62.3 Å². The van der Waals surface area contributed by atoms with Gasteiger partial charge in [0.1, 0.15) is 4.60 Å². The van der Waals surface area contributed by atoms with Gasteiger partial charge in [-0.15, -0.1) is 0 Å². The van der Waals surface area contributed by atoms with E-state index in [0.29, 0.717) is 10.3 Å². The van der Waals surface area contributed by atoms with Crippen molar-refractivity contribution in [2.24, 2.45) is 0 Å². The van der Waals surface area contributed by atoms with Crippen molar-refractivity contribution < 1.29 is 9.59 Å². The lowest BCUT2D eigenvalue weighted by molar-refractivity contribution is -0.125. The van der Waals surface area contributed by atoms with Crippen molar-refractivity contribution in [1.29, 1.82) is 0 Å². The molecule has 0 radical (unpaired) electrons. The molecule has 2 heterocycles. The summed E-state index contributed by atoms with van der Waals surface area (Å²) in [6.07, 6.45) is 6.18. The maximum atomic E-state index is 11.7. The molecule has 1 aromatic rings. The molecular formula is C13H14BrN3O2. The molecule has 1 fully saturated rings. The molecule has 2 rings (SSSR count). The number of halogens is 1. The minimum atomic E-state index is -0.336. The number of nitrogens with zero attached hydrogens (tertiary/aromatic N) is 2. The molecule has 1 aliphatic rings. The molecule has 0 unspecified atom stereocenters. The van der Waals surface area contributed by atoms with E-state index in [1.54, 1.807) is 17.0 Å². The van der Waals surface area contributed by atoms with Gasteiger partial charge in [0.05, 0.1) is 11.9 Å². The van der Waals surface area contributed by atoms with E-state index in [0.717, 1.165) is 25.9 Å². The van der Waals surface area contributed by atoms with E-state index in [1.165, 1.54) is 18.3 Å². The number of likely N-dealkylation sites (tertiary alicyclic amines) is 1. The summed E-state index contributed by atoms with van der Waals surface area (Å²) >= 11 is 3.21. The Morgan fingerprint density at radius 1 is 1.26 bits per heavy atom. The minimum Gasteiger partial charge on any atom is -0.339 e. The van der Waals surface area contributed by atoms with E-state index in [-0.39, 0.29) is 11.8 Å². The fourth-order valence-electron chi connectivity index (χ4n) is 1.82. The molecular weight excluding hydrogens is 310 g/mol. The normalized spacial score (nSPS) is 14.9. The second-order valence-corrected chi connectivity index (χ2v) is 5.04. The van der Waals surface area contributed by atoms with Gasteiger partial charge in [-0.05, 0) is 40.9 Å². The Morgan fingerprint density at radius 2 is 2.00 bits per heavy atom. The maximum absolute atomic E-state index is 11.7. The van der Waals surface area contributed by atoms with Gasteiger partial charge in [-0.25, -0.2) is 4.98 Å². The van der Waals surface area contributed by atoms with E-state index in [2.05, 4.69) is 26.2 Å². The zero-order chi connectivity index (χ0) is 13.7. The van der Waals surface area contributed by atoms with Crippen LogP contribution in [0.3, 0.4) is 0 Å². The Hall–Kier alpha value is -1.69. The van der Waals surface area contributed by atoms with Gasteiger partial charge in [-0.2, -0.15) is 0 Å². The van der Waals surface area contributed by atoms with Gasteiger partial charge in [0.15, 0.2) is 0 Å². The molecule has 0 aromatic carbocycles. The van der Waals surface area contributed by atoms with E-state index in [1.807, 2.05) is 0 Å². The highest BCUT2D eigenvalue weighted by atomic mass is 79.9. The molecule has 100 valence electrons. The third-order valence-corrected chi connectivity index (χ3v) is 3.26. The number of nitrogens with one attached hydrogen (secondary N) is 1. The van der Waals surface area contributed by atoms with Crippen LogP contribution in [0.4, 0.5) is 5.69 Å². The average Bonchev–Trinajstić information content (AvgIpc) is 2.93. The van der Waals surface area contributed by atoms with E-state index in [4.69, 9.17) is 0 Å². The van der Waals surface area contributed by atoms with Crippen LogP contribution in [0.2, 0.25) is 0 Å². The van der Waals surface area contributed by atoms with E-state index in [9.17, 15) is 9.59 Å². The second-order valence-electron chi connectivity index (χ2n) is 4.22. The summed E-state index contributed by atoms with van der Waals surface area (Å²) in [5.41, 5.74) is 0.589. The Balaban J connectivity index is 1.86. The average molecular weight is 324 g/mol. The Bertz CT molecular complexity index is 493. The number of hydrogen-bond donors (Lipinski definition) is 1. The van der Waals surface area contributed by atoms with Crippen LogP contribution in [-0.4, -0.2) is 34.8 Å².